The maximum Gasteiger partial charge on any atom is 0.119 e. The molecule has 0 radical (unpaired) electrons. The van der Waals surface area contributed by atoms with Gasteiger partial charge in [0.1, 0.15) is 12.4 Å². The molecule has 106 valence electrons. The van der Waals surface area contributed by atoms with Crippen LogP contribution in [0.5, 0.6) is 5.75 Å². The first-order valence-electron chi connectivity index (χ1n) is 7.20. The van der Waals surface area contributed by atoms with Crippen molar-refractivity contribution in [2.24, 2.45) is 0 Å². The summed E-state index contributed by atoms with van der Waals surface area (Å²) in [5.74, 6) is 0.941. The molecule has 0 fully saturated rings. The predicted octanol–water partition coefficient (Wildman–Crippen LogP) is 3.51. The highest BCUT2D eigenvalue weighted by atomic mass is 16.5. The fourth-order valence-electron chi connectivity index (χ4n) is 1.99. The number of hydrogen-bond donors (Lipinski definition) is 1. The molecule has 0 unspecified atom stereocenters. The number of benzene rings is 2. The summed E-state index contributed by atoms with van der Waals surface area (Å²) in [4.78, 5) is 0. The zero-order valence-corrected chi connectivity index (χ0v) is 12.4. The summed E-state index contributed by atoms with van der Waals surface area (Å²) in [6.07, 6.45) is 1.06. The molecule has 0 aliphatic heterocycles. The molecular formula is C18H23NO. The zero-order chi connectivity index (χ0) is 14.2. The second-order valence-electron chi connectivity index (χ2n) is 5.15. The van der Waals surface area contributed by atoms with Gasteiger partial charge in [-0.2, -0.15) is 0 Å². The third kappa shape index (κ3) is 5.06. The van der Waals surface area contributed by atoms with E-state index < -0.39 is 0 Å². The molecule has 0 amide bonds. The molecule has 0 aliphatic carbocycles. The Labute approximate surface area is 121 Å². The van der Waals surface area contributed by atoms with Crippen LogP contribution in [0.3, 0.4) is 0 Å². The molecule has 2 heteroatoms. The molecule has 20 heavy (non-hydrogen) atoms. The van der Waals surface area contributed by atoms with Crippen molar-refractivity contribution in [3.8, 4) is 5.75 Å². The summed E-state index contributed by atoms with van der Waals surface area (Å²) < 4.78 is 5.67. The van der Waals surface area contributed by atoms with E-state index in [1.807, 2.05) is 12.1 Å². The van der Waals surface area contributed by atoms with E-state index in [9.17, 15) is 0 Å². The van der Waals surface area contributed by atoms with Crippen molar-refractivity contribution in [1.82, 2.24) is 5.32 Å². The Kier molecular flexibility index (Phi) is 5.63. The maximum atomic E-state index is 5.67. The van der Waals surface area contributed by atoms with Gasteiger partial charge in [-0.15, -0.1) is 0 Å². The summed E-state index contributed by atoms with van der Waals surface area (Å²) in [6.45, 7) is 6.76. The van der Waals surface area contributed by atoms with Crippen LogP contribution in [0.15, 0.2) is 48.5 Å². The van der Waals surface area contributed by atoms with Gasteiger partial charge in [0.15, 0.2) is 0 Å². The van der Waals surface area contributed by atoms with E-state index in [0.717, 1.165) is 25.3 Å². The van der Waals surface area contributed by atoms with Crippen molar-refractivity contribution < 1.29 is 4.74 Å². The van der Waals surface area contributed by atoms with Gasteiger partial charge in [0.05, 0.1) is 0 Å². The van der Waals surface area contributed by atoms with Crippen LogP contribution in [-0.2, 0) is 6.42 Å². The average Bonchev–Trinajstić information content (AvgIpc) is 2.46. The van der Waals surface area contributed by atoms with Crippen molar-refractivity contribution in [2.75, 3.05) is 19.7 Å². The van der Waals surface area contributed by atoms with Gasteiger partial charge in [0, 0.05) is 6.54 Å². The molecule has 2 rings (SSSR count). The molecule has 0 spiro atoms. The van der Waals surface area contributed by atoms with Crippen molar-refractivity contribution in [3.63, 3.8) is 0 Å². The van der Waals surface area contributed by atoms with Crippen LogP contribution in [0, 0.1) is 13.8 Å². The van der Waals surface area contributed by atoms with E-state index in [1.54, 1.807) is 0 Å². The van der Waals surface area contributed by atoms with Crippen molar-refractivity contribution in [1.29, 1.82) is 0 Å². The van der Waals surface area contributed by atoms with Gasteiger partial charge >= 0.3 is 0 Å². The van der Waals surface area contributed by atoms with E-state index in [4.69, 9.17) is 4.74 Å². The molecule has 0 aromatic heterocycles. The normalized spacial score (nSPS) is 10.5. The summed E-state index contributed by atoms with van der Waals surface area (Å²) >= 11 is 0. The van der Waals surface area contributed by atoms with Gasteiger partial charge in [-0.1, -0.05) is 47.5 Å². The first-order valence-corrected chi connectivity index (χ1v) is 7.20. The lowest BCUT2D eigenvalue weighted by Gasteiger charge is -2.08. The van der Waals surface area contributed by atoms with E-state index in [2.05, 4.69) is 55.6 Å². The van der Waals surface area contributed by atoms with E-state index in [0.29, 0.717) is 6.61 Å². The molecule has 2 nitrogen and oxygen atoms in total. The minimum absolute atomic E-state index is 0.705. The number of hydrogen-bond acceptors (Lipinski definition) is 2. The van der Waals surface area contributed by atoms with Crippen LogP contribution in [0.1, 0.15) is 16.7 Å². The first kappa shape index (κ1) is 14.6. The smallest absolute Gasteiger partial charge is 0.119 e. The summed E-state index contributed by atoms with van der Waals surface area (Å²) in [6, 6.07) is 16.9. The molecule has 2 aromatic carbocycles. The molecule has 0 saturated heterocycles. The maximum absolute atomic E-state index is 5.67. The quantitative estimate of drug-likeness (QED) is 0.777. The number of nitrogens with one attached hydrogen (secondary N) is 1. The third-order valence-electron chi connectivity index (χ3n) is 3.28. The topological polar surface area (TPSA) is 21.3 Å². The van der Waals surface area contributed by atoms with Crippen LogP contribution in [0.4, 0.5) is 0 Å². The first-order chi connectivity index (χ1) is 9.74. The Morgan fingerprint density at radius 2 is 1.40 bits per heavy atom. The van der Waals surface area contributed by atoms with Gasteiger partial charge in [-0.05, 0) is 44.5 Å². The molecule has 1 N–H and O–H groups in total. The lowest BCUT2D eigenvalue weighted by atomic mass is 10.1. The van der Waals surface area contributed by atoms with Crippen LogP contribution < -0.4 is 10.1 Å². The fourth-order valence-corrected chi connectivity index (χ4v) is 1.99. The SMILES string of the molecule is Cc1ccc(CCNCCOc2ccc(C)cc2)cc1. The van der Waals surface area contributed by atoms with Crippen LogP contribution in [0.2, 0.25) is 0 Å². The summed E-state index contributed by atoms with van der Waals surface area (Å²) in [5, 5.41) is 3.41. The monoisotopic (exact) mass is 269 g/mol. The van der Waals surface area contributed by atoms with Gasteiger partial charge in [-0.25, -0.2) is 0 Å². The Morgan fingerprint density at radius 1 is 0.800 bits per heavy atom. The summed E-state index contributed by atoms with van der Waals surface area (Å²) in [7, 11) is 0. The van der Waals surface area contributed by atoms with Gasteiger partial charge in [-0.3, -0.25) is 0 Å². The molecule has 0 atom stereocenters. The van der Waals surface area contributed by atoms with Crippen LogP contribution in [0.25, 0.3) is 0 Å². The fraction of sp³-hybridized carbons (Fsp3) is 0.333. The average molecular weight is 269 g/mol. The standard InChI is InChI=1S/C18H23NO/c1-15-3-7-17(8-4-15)11-12-19-13-14-20-18-9-5-16(2)6-10-18/h3-10,19H,11-14H2,1-2H3. The molecule has 0 heterocycles. The summed E-state index contributed by atoms with van der Waals surface area (Å²) in [5.41, 5.74) is 3.95. The Morgan fingerprint density at radius 3 is 2.05 bits per heavy atom. The molecule has 0 saturated carbocycles. The van der Waals surface area contributed by atoms with Gasteiger partial charge in [0.2, 0.25) is 0 Å². The second kappa shape index (κ2) is 7.71. The minimum atomic E-state index is 0.705. The van der Waals surface area contributed by atoms with Crippen LogP contribution in [-0.4, -0.2) is 19.7 Å². The molecular weight excluding hydrogens is 246 g/mol. The Hall–Kier alpha value is -1.80. The number of aryl methyl sites for hydroxylation is 2. The van der Waals surface area contributed by atoms with E-state index in [-0.39, 0.29) is 0 Å². The van der Waals surface area contributed by atoms with Gasteiger partial charge < -0.3 is 10.1 Å². The largest absolute Gasteiger partial charge is 0.492 e. The van der Waals surface area contributed by atoms with Crippen molar-refractivity contribution in [3.05, 3.63) is 65.2 Å². The van der Waals surface area contributed by atoms with Crippen molar-refractivity contribution in [2.45, 2.75) is 20.3 Å². The lowest BCUT2D eigenvalue weighted by molar-refractivity contribution is 0.314. The van der Waals surface area contributed by atoms with E-state index in [1.165, 1.54) is 16.7 Å². The predicted molar refractivity (Wildman–Crippen MR) is 84.4 cm³/mol. The minimum Gasteiger partial charge on any atom is -0.492 e. The highest BCUT2D eigenvalue weighted by Gasteiger charge is 1.95. The second-order valence-corrected chi connectivity index (χ2v) is 5.15. The highest BCUT2D eigenvalue weighted by Crippen LogP contribution is 2.10. The Balaban J connectivity index is 1.57. The molecule has 0 aliphatic rings. The number of ether oxygens (including phenoxy) is 1. The lowest BCUT2D eigenvalue weighted by Crippen LogP contribution is -2.23. The number of rotatable bonds is 7. The van der Waals surface area contributed by atoms with Crippen molar-refractivity contribution >= 4 is 0 Å². The molecule has 2 aromatic rings. The van der Waals surface area contributed by atoms with Crippen LogP contribution >= 0.6 is 0 Å². The van der Waals surface area contributed by atoms with Gasteiger partial charge in [0.25, 0.3) is 0 Å². The molecule has 0 bridgehead atoms. The highest BCUT2D eigenvalue weighted by molar-refractivity contribution is 5.26. The van der Waals surface area contributed by atoms with E-state index >= 15 is 0 Å². The third-order valence-corrected chi connectivity index (χ3v) is 3.28. The zero-order valence-electron chi connectivity index (χ0n) is 12.4. The Bertz CT molecular complexity index is 452.